The number of aromatic hydroxyl groups is 1. The molecule has 0 atom stereocenters. The summed E-state index contributed by atoms with van der Waals surface area (Å²) in [4.78, 5) is 4.51. The Morgan fingerprint density at radius 1 is 1.05 bits per heavy atom. The molecular weight excluding hydrogens is 292 g/mol. The van der Waals surface area contributed by atoms with Crippen molar-refractivity contribution in [1.82, 2.24) is 4.98 Å². The molecule has 3 nitrogen and oxygen atoms in total. The molecule has 0 aliphatic rings. The second kappa shape index (κ2) is 5.53. The number of phenols is 1. The number of thiazole rings is 1. The molecule has 3 rings (SSSR count). The Labute approximate surface area is 125 Å². The number of anilines is 2. The highest BCUT2D eigenvalue weighted by molar-refractivity contribution is 7.14. The first-order chi connectivity index (χ1) is 9.72. The van der Waals surface area contributed by atoms with Gasteiger partial charge in [-0.25, -0.2) is 4.98 Å². The lowest BCUT2D eigenvalue weighted by Gasteiger charge is -2.04. The molecule has 0 fully saturated rings. The van der Waals surface area contributed by atoms with Gasteiger partial charge in [0.1, 0.15) is 5.75 Å². The lowest BCUT2D eigenvalue weighted by molar-refractivity contribution is 0.475. The molecule has 1 aromatic heterocycles. The molecule has 0 unspecified atom stereocenters. The summed E-state index contributed by atoms with van der Waals surface area (Å²) in [5.41, 5.74) is 2.66. The van der Waals surface area contributed by atoms with E-state index in [0.717, 1.165) is 22.1 Å². The van der Waals surface area contributed by atoms with Gasteiger partial charge in [0.2, 0.25) is 0 Å². The maximum Gasteiger partial charge on any atom is 0.187 e. The van der Waals surface area contributed by atoms with Gasteiger partial charge in [0.15, 0.2) is 5.13 Å². The molecule has 3 aromatic rings. The van der Waals surface area contributed by atoms with Gasteiger partial charge in [0.25, 0.3) is 0 Å². The molecule has 2 N–H and O–H groups in total. The van der Waals surface area contributed by atoms with Crippen LogP contribution in [-0.4, -0.2) is 10.1 Å². The lowest BCUT2D eigenvalue weighted by Crippen LogP contribution is -1.90. The van der Waals surface area contributed by atoms with Crippen molar-refractivity contribution in [1.29, 1.82) is 0 Å². The minimum absolute atomic E-state index is 0.249. The first-order valence-electron chi connectivity index (χ1n) is 5.99. The van der Waals surface area contributed by atoms with E-state index >= 15 is 0 Å². The maximum absolute atomic E-state index is 9.29. The standard InChI is InChI=1S/C15H11ClN2OS/c16-12-3-1-2-4-13(12)17-15-18-14(9-20-15)10-5-7-11(19)8-6-10/h1-9,19H,(H,17,18). The second-order valence-corrected chi connectivity index (χ2v) is 5.45. The van der Waals surface area contributed by atoms with Crippen molar-refractivity contribution >= 4 is 33.8 Å². The summed E-state index contributed by atoms with van der Waals surface area (Å²) in [7, 11) is 0. The fraction of sp³-hybridized carbons (Fsp3) is 0. The zero-order chi connectivity index (χ0) is 13.9. The topological polar surface area (TPSA) is 45.1 Å². The van der Waals surface area contributed by atoms with Gasteiger partial charge in [-0.15, -0.1) is 11.3 Å². The minimum atomic E-state index is 0.249. The maximum atomic E-state index is 9.29. The zero-order valence-corrected chi connectivity index (χ0v) is 11.9. The van der Waals surface area contributed by atoms with Gasteiger partial charge in [-0.3, -0.25) is 0 Å². The SMILES string of the molecule is Oc1ccc(-c2csc(Nc3ccccc3Cl)n2)cc1. The van der Waals surface area contributed by atoms with Gasteiger partial charge in [0, 0.05) is 10.9 Å². The fourth-order valence-corrected chi connectivity index (χ4v) is 2.69. The average molecular weight is 303 g/mol. The molecule has 100 valence electrons. The van der Waals surface area contributed by atoms with E-state index in [1.807, 2.05) is 41.8 Å². The summed E-state index contributed by atoms with van der Waals surface area (Å²) in [5.74, 6) is 0.249. The average Bonchev–Trinajstić information content (AvgIpc) is 2.91. The molecule has 0 spiro atoms. The Bertz CT molecular complexity index is 725. The number of rotatable bonds is 3. The van der Waals surface area contributed by atoms with Gasteiger partial charge in [-0.05, 0) is 36.4 Å². The Hall–Kier alpha value is -2.04. The van der Waals surface area contributed by atoms with Crippen molar-refractivity contribution in [3.8, 4) is 17.0 Å². The normalized spacial score (nSPS) is 10.4. The molecule has 0 bridgehead atoms. The first kappa shape index (κ1) is 13.0. The molecule has 0 radical (unpaired) electrons. The zero-order valence-electron chi connectivity index (χ0n) is 10.4. The summed E-state index contributed by atoms with van der Waals surface area (Å²) in [6.45, 7) is 0. The summed E-state index contributed by atoms with van der Waals surface area (Å²) in [6, 6.07) is 14.5. The van der Waals surface area contributed by atoms with Gasteiger partial charge < -0.3 is 10.4 Å². The largest absolute Gasteiger partial charge is 0.508 e. The molecule has 0 saturated heterocycles. The third-order valence-corrected chi connectivity index (χ3v) is 3.87. The van der Waals surface area contributed by atoms with Crippen LogP contribution in [0.15, 0.2) is 53.9 Å². The molecule has 1 heterocycles. The van der Waals surface area contributed by atoms with Gasteiger partial charge in [0.05, 0.1) is 16.4 Å². The molecule has 0 saturated carbocycles. The number of hydrogen-bond acceptors (Lipinski definition) is 4. The number of phenolic OH excluding ortho intramolecular Hbond substituents is 1. The quantitative estimate of drug-likeness (QED) is 0.722. The number of halogens is 1. The third kappa shape index (κ3) is 2.76. The van der Waals surface area contributed by atoms with E-state index < -0.39 is 0 Å². The number of aromatic nitrogens is 1. The van der Waals surface area contributed by atoms with Crippen molar-refractivity contribution in [3.05, 3.63) is 58.9 Å². The van der Waals surface area contributed by atoms with E-state index in [1.165, 1.54) is 11.3 Å². The Morgan fingerprint density at radius 2 is 1.80 bits per heavy atom. The molecule has 0 aliphatic carbocycles. The minimum Gasteiger partial charge on any atom is -0.508 e. The highest BCUT2D eigenvalue weighted by atomic mass is 35.5. The Kier molecular flexibility index (Phi) is 3.58. The van der Waals surface area contributed by atoms with Gasteiger partial charge in [-0.1, -0.05) is 23.7 Å². The van der Waals surface area contributed by atoms with Crippen LogP contribution in [0.25, 0.3) is 11.3 Å². The predicted octanol–water partition coefficient (Wildman–Crippen LogP) is 4.91. The fourth-order valence-electron chi connectivity index (χ4n) is 1.77. The van der Waals surface area contributed by atoms with Gasteiger partial charge >= 0.3 is 0 Å². The van der Waals surface area contributed by atoms with Crippen LogP contribution >= 0.6 is 22.9 Å². The summed E-state index contributed by atoms with van der Waals surface area (Å²) < 4.78 is 0. The Morgan fingerprint density at radius 3 is 2.55 bits per heavy atom. The van der Waals surface area contributed by atoms with Crippen molar-refractivity contribution in [2.45, 2.75) is 0 Å². The number of para-hydroxylation sites is 1. The van der Waals surface area contributed by atoms with Crippen molar-refractivity contribution < 1.29 is 5.11 Å². The van der Waals surface area contributed by atoms with E-state index in [0.29, 0.717) is 5.02 Å². The molecule has 2 aromatic carbocycles. The highest BCUT2D eigenvalue weighted by Crippen LogP contribution is 2.30. The predicted molar refractivity (Wildman–Crippen MR) is 83.9 cm³/mol. The van der Waals surface area contributed by atoms with E-state index in [9.17, 15) is 5.11 Å². The van der Waals surface area contributed by atoms with E-state index in [2.05, 4.69) is 10.3 Å². The van der Waals surface area contributed by atoms with Crippen LogP contribution in [0.1, 0.15) is 0 Å². The summed E-state index contributed by atoms with van der Waals surface area (Å²) >= 11 is 7.61. The molecular formula is C15H11ClN2OS. The van der Waals surface area contributed by atoms with Crippen LogP contribution in [-0.2, 0) is 0 Å². The first-order valence-corrected chi connectivity index (χ1v) is 7.24. The smallest absolute Gasteiger partial charge is 0.187 e. The molecule has 5 heteroatoms. The Balaban J connectivity index is 1.84. The summed E-state index contributed by atoms with van der Waals surface area (Å²) in [5, 5.41) is 15.9. The monoisotopic (exact) mass is 302 g/mol. The summed E-state index contributed by atoms with van der Waals surface area (Å²) in [6.07, 6.45) is 0. The van der Waals surface area contributed by atoms with Crippen LogP contribution < -0.4 is 5.32 Å². The molecule has 0 amide bonds. The van der Waals surface area contributed by atoms with Crippen molar-refractivity contribution in [2.24, 2.45) is 0 Å². The second-order valence-electron chi connectivity index (χ2n) is 4.19. The lowest BCUT2D eigenvalue weighted by atomic mass is 10.2. The number of nitrogens with zero attached hydrogens (tertiary/aromatic N) is 1. The van der Waals surface area contributed by atoms with Crippen LogP contribution in [0.4, 0.5) is 10.8 Å². The van der Waals surface area contributed by atoms with E-state index in [1.54, 1.807) is 12.1 Å². The van der Waals surface area contributed by atoms with Crippen LogP contribution in [0.2, 0.25) is 5.02 Å². The van der Waals surface area contributed by atoms with Crippen molar-refractivity contribution in [2.75, 3.05) is 5.32 Å². The van der Waals surface area contributed by atoms with Gasteiger partial charge in [-0.2, -0.15) is 0 Å². The highest BCUT2D eigenvalue weighted by Gasteiger charge is 2.06. The number of benzene rings is 2. The third-order valence-electron chi connectivity index (χ3n) is 2.78. The number of nitrogens with one attached hydrogen (secondary N) is 1. The van der Waals surface area contributed by atoms with Crippen molar-refractivity contribution in [3.63, 3.8) is 0 Å². The van der Waals surface area contributed by atoms with Crippen LogP contribution in [0.5, 0.6) is 5.75 Å². The number of hydrogen-bond donors (Lipinski definition) is 2. The molecule has 0 aliphatic heterocycles. The van der Waals surface area contributed by atoms with E-state index in [4.69, 9.17) is 11.6 Å². The van der Waals surface area contributed by atoms with Crippen LogP contribution in [0, 0.1) is 0 Å². The van der Waals surface area contributed by atoms with Crippen LogP contribution in [0.3, 0.4) is 0 Å². The van der Waals surface area contributed by atoms with E-state index in [-0.39, 0.29) is 5.75 Å². The molecule has 20 heavy (non-hydrogen) atoms.